The van der Waals surface area contributed by atoms with Crippen molar-refractivity contribution in [3.8, 4) is 0 Å². The Hall–Kier alpha value is -4.26. The van der Waals surface area contributed by atoms with E-state index < -0.39 is 94.9 Å². The summed E-state index contributed by atoms with van der Waals surface area (Å²) in [6.07, 6.45) is -7.96. The quantitative estimate of drug-likeness (QED) is 0.248. The third kappa shape index (κ3) is 9.29. The van der Waals surface area contributed by atoms with Crippen LogP contribution in [0.2, 0.25) is 0 Å². The number of esters is 6. The molecule has 4 rings (SSSR count). The number of carbonyl (C=O) groups is 8. The lowest BCUT2D eigenvalue weighted by molar-refractivity contribution is -0.213. The van der Waals surface area contributed by atoms with Crippen LogP contribution in [0.25, 0.3) is 0 Å². The Bertz CT molecular complexity index is 1490. The third-order valence-corrected chi connectivity index (χ3v) is 9.77. The Kier molecular flexibility index (Phi) is 12.8. The van der Waals surface area contributed by atoms with E-state index >= 15 is 0 Å². The summed E-state index contributed by atoms with van der Waals surface area (Å²) < 4.78 is 44.2. The first-order chi connectivity index (χ1) is 23.6. The van der Waals surface area contributed by atoms with Crippen LogP contribution in [0.5, 0.6) is 0 Å². The Balaban J connectivity index is 1.80. The first kappa shape index (κ1) is 38.5. The maximum absolute atomic E-state index is 14.1. The van der Waals surface area contributed by atoms with Crippen molar-refractivity contribution in [3.05, 3.63) is 45.2 Å². The third-order valence-electron chi connectivity index (χ3n) is 7.11. The predicted molar refractivity (Wildman–Crippen MR) is 170 cm³/mol. The van der Waals surface area contributed by atoms with Crippen LogP contribution in [0, 0.1) is 0 Å². The van der Waals surface area contributed by atoms with Gasteiger partial charge in [0.15, 0.2) is 36.6 Å². The summed E-state index contributed by atoms with van der Waals surface area (Å²) in [5, 5.41) is 0. The Morgan fingerprint density at radius 3 is 1.12 bits per heavy atom. The molecule has 3 aliphatic rings. The van der Waals surface area contributed by atoms with E-state index in [1.165, 1.54) is 12.1 Å². The molecule has 1 aliphatic carbocycles. The van der Waals surface area contributed by atoms with Gasteiger partial charge in [0.2, 0.25) is 11.6 Å². The van der Waals surface area contributed by atoms with Crippen LogP contribution in [0.15, 0.2) is 34.1 Å². The minimum absolute atomic E-state index is 0.0485. The fraction of sp³-hybridized carbons (Fsp3) is 0.500. The van der Waals surface area contributed by atoms with Gasteiger partial charge < -0.3 is 37.9 Å². The number of Topliss-reactive ketones (excluding diaryl/α,β-unsaturated/α-hetero) is 2. The summed E-state index contributed by atoms with van der Waals surface area (Å²) in [5.74, 6) is -5.92. The van der Waals surface area contributed by atoms with Crippen LogP contribution in [-0.4, -0.2) is 108 Å². The van der Waals surface area contributed by atoms with E-state index in [1.807, 2.05) is 0 Å². The summed E-state index contributed by atoms with van der Waals surface area (Å²) in [6.45, 7) is 5.95. The van der Waals surface area contributed by atoms with Gasteiger partial charge in [-0.3, -0.25) is 38.4 Å². The molecular formula is C32H34O16S2. The van der Waals surface area contributed by atoms with E-state index in [4.69, 9.17) is 37.9 Å². The van der Waals surface area contributed by atoms with Crippen molar-refractivity contribution in [2.45, 2.75) is 89.0 Å². The van der Waals surface area contributed by atoms with Gasteiger partial charge in [0.1, 0.15) is 10.9 Å². The highest BCUT2D eigenvalue weighted by molar-refractivity contribution is 8.08. The van der Waals surface area contributed by atoms with Crippen LogP contribution >= 0.6 is 23.5 Å². The van der Waals surface area contributed by atoms with Crippen molar-refractivity contribution in [1.82, 2.24) is 0 Å². The molecule has 1 aromatic carbocycles. The van der Waals surface area contributed by atoms with Crippen molar-refractivity contribution in [2.75, 3.05) is 13.2 Å². The Labute approximate surface area is 294 Å². The van der Waals surface area contributed by atoms with E-state index in [2.05, 4.69) is 0 Å². The zero-order chi connectivity index (χ0) is 36.9. The van der Waals surface area contributed by atoms with Gasteiger partial charge >= 0.3 is 35.8 Å². The fourth-order valence-electron chi connectivity index (χ4n) is 5.40. The number of benzene rings is 1. The molecule has 0 saturated carbocycles. The zero-order valence-corrected chi connectivity index (χ0v) is 29.3. The molecule has 16 nitrogen and oxygen atoms in total. The molecule has 2 heterocycles. The van der Waals surface area contributed by atoms with Crippen LogP contribution in [-0.2, 0) is 66.7 Å². The highest BCUT2D eigenvalue weighted by atomic mass is 32.2. The second kappa shape index (κ2) is 16.6. The highest BCUT2D eigenvalue weighted by Gasteiger charge is 2.51. The van der Waals surface area contributed by atoms with Crippen molar-refractivity contribution < 1.29 is 76.3 Å². The molecule has 0 N–H and O–H groups in total. The number of hydrogen-bond acceptors (Lipinski definition) is 18. The van der Waals surface area contributed by atoms with Gasteiger partial charge in [-0.25, -0.2) is 0 Å². The standard InChI is InChI=1S/C32H34O16S2/c1-13(33)43-21-11-41-31(27(47-17(5)37)25(21)45-15(3)35)49-29-23(39)19-9-7-8-10-20(19)24(40)30(29)50-32-28(48-18(6)38)26(46-16(4)36)22(12-42-32)44-14(2)34/h7-10,21-22,25-28,31-32H,11-12H2,1-6H3/t21-,22+,25-,26-,27+,28-,31-,32+/m0/s1. The van der Waals surface area contributed by atoms with Gasteiger partial charge in [-0.15, -0.1) is 0 Å². The minimum atomic E-state index is -1.43. The maximum atomic E-state index is 14.1. The normalized spacial score (nSPS) is 27.7. The molecule has 270 valence electrons. The van der Waals surface area contributed by atoms with Crippen LogP contribution in [0.4, 0.5) is 0 Å². The number of allylic oxidation sites excluding steroid dienone is 2. The van der Waals surface area contributed by atoms with Crippen molar-refractivity contribution in [1.29, 1.82) is 0 Å². The van der Waals surface area contributed by atoms with Crippen molar-refractivity contribution in [2.24, 2.45) is 0 Å². The van der Waals surface area contributed by atoms with Crippen molar-refractivity contribution >= 4 is 70.9 Å². The van der Waals surface area contributed by atoms with Gasteiger partial charge in [0, 0.05) is 52.7 Å². The molecule has 0 amide bonds. The zero-order valence-electron chi connectivity index (χ0n) is 27.7. The van der Waals surface area contributed by atoms with E-state index in [0.29, 0.717) is 23.5 Å². The van der Waals surface area contributed by atoms with Crippen molar-refractivity contribution in [3.63, 3.8) is 0 Å². The molecule has 8 atom stereocenters. The average Bonchev–Trinajstić information content (AvgIpc) is 3.01. The van der Waals surface area contributed by atoms with Crippen LogP contribution in [0.3, 0.4) is 0 Å². The fourth-order valence-corrected chi connectivity index (χ4v) is 7.97. The molecule has 0 radical (unpaired) electrons. The molecule has 0 unspecified atom stereocenters. The topological polar surface area (TPSA) is 210 Å². The largest absolute Gasteiger partial charge is 0.456 e. The summed E-state index contributed by atoms with van der Waals surface area (Å²) in [7, 11) is 0. The summed E-state index contributed by atoms with van der Waals surface area (Å²) in [4.78, 5) is 100. The Morgan fingerprint density at radius 1 is 0.520 bits per heavy atom. The minimum Gasteiger partial charge on any atom is -0.456 e. The maximum Gasteiger partial charge on any atom is 0.303 e. The number of ether oxygens (including phenoxy) is 8. The number of carbonyl (C=O) groups excluding carboxylic acids is 8. The molecule has 18 heteroatoms. The highest BCUT2D eigenvalue weighted by Crippen LogP contribution is 2.46. The number of fused-ring (bicyclic) bond motifs is 1. The lowest BCUT2D eigenvalue weighted by atomic mass is 9.94. The lowest BCUT2D eigenvalue weighted by Gasteiger charge is -2.41. The van der Waals surface area contributed by atoms with Gasteiger partial charge in [-0.2, -0.15) is 0 Å². The molecule has 2 saturated heterocycles. The second-order valence-corrected chi connectivity index (χ2v) is 13.3. The van der Waals surface area contributed by atoms with Crippen LogP contribution in [0.1, 0.15) is 62.3 Å². The summed E-state index contributed by atoms with van der Waals surface area (Å²) in [6, 6.07) is 6.01. The molecule has 50 heavy (non-hydrogen) atoms. The smallest absolute Gasteiger partial charge is 0.303 e. The summed E-state index contributed by atoms with van der Waals surface area (Å²) >= 11 is 1.38. The molecule has 0 bridgehead atoms. The molecule has 0 spiro atoms. The van der Waals surface area contributed by atoms with Gasteiger partial charge in [-0.05, 0) is 0 Å². The average molecular weight is 739 g/mol. The number of thioether (sulfide) groups is 2. The first-order valence-electron chi connectivity index (χ1n) is 15.1. The van der Waals surface area contributed by atoms with Crippen LogP contribution < -0.4 is 0 Å². The SMILES string of the molecule is CC(=O)O[C@@H]1[C@@H](OC(C)=O)[C@H](SC2=C(S[C@H]3OC[C@@H](OC(C)=O)[C@H](OC(C)=O)[C@@H]3OC(C)=O)C(=O)c3ccccc3C2=O)OC[C@@H]1OC(C)=O. The lowest BCUT2D eigenvalue weighted by Crippen LogP contribution is -2.56. The van der Waals surface area contributed by atoms with E-state index in [0.717, 1.165) is 41.5 Å². The molecule has 2 aliphatic heterocycles. The first-order valence-corrected chi connectivity index (χ1v) is 16.9. The molecule has 0 aromatic heterocycles. The van der Waals surface area contributed by atoms with Gasteiger partial charge in [0.25, 0.3) is 0 Å². The monoisotopic (exact) mass is 738 g/mol. The molecule has 1 aromatic rings. The number of hydrogen-bond donors (Lipinski definition) is 0. The van der Waals surface area contributed by atoms with E-state index in [-0.39, 0.29) is 34.2 Å². The van der Waals surface area contributed by atoms with Gasteiger partial charge in [-0.1, -0.05) is 47.8 Å². The van der Waals surface area contributed by atoms with E-state index in [9.17, 15) is 38.4 Å². The molecular weight excluding hydrogens is 704 g/mol. The predicted octanol–water partition coefficient (Wildman–Crippen LogP) is 2.05. The number of ketones is 2. The number of rotatable bonds is 10. The van der Waals surface area contributed by atoms with Gasteiger partial charge in [0.05, 0.1) is 23.0 Å². The summed E-state index contributed by atoms with van der Waals surface area (Å²) in [5.41, 5.74) is -2.48. The second-order valence-electron chi connectivity index (χ2n) is 11.1. The molecule has 2 fully saturated rings. The Morgan fingerprint density at radius 2 is 0.820 bits per heavy atom. The van der Waals surface area contributed by atoms with E-state index in [1.54, 1.807) is 12.1 Å².